The van der Waals surface area contributed by atoms with Crippen LogP contribution >= 0.6 is 31.1 Å². The molecule has 0 saturated heterocycles. The van der Waals surface area contributed by atoms with Crippen molar-refractivity contribution in [2.45, 2.75) is 4.90 Å². The summed E-state index contributed by atoms with van der Waals surface area (Å²) in [5, 5.41) is 1.83. The second-order valence-corrected chi connectivity index (χ2v) is 8.45. The molecule has 152 valence electrons. The maximum Gasteiger partial charge on any atom is 1.00 e. The fourth-order valence-corrected chi connectivity index (χ4v) is 4.63. The van der Waals surface area contributed by atoms with E-state index in [4.69, 9.17) is 14.2 Å². The van der Waals surface area contributed by atoms with E-state index < -0.39 is 7.82 Å². The van der Waals surface area contributed by atoms with Crippen molar-refractivity contribution in [2.24, 2.45) is 0 Å². The van der Waals surface area contributed by atoms with Crippen LogP contribution in [-0.4, -0.2) is 24.5 Å². The first-order valence-electron chi connectivity index (χ1n) is 8.22. The summed E-state index contributed by atoms with van der Waals surface area (Å²) in [6, 6.07) is 8.64. The molecule has 0 spiro atoms. The van der Waals surface area contributed by atoms with Crippen LogP contribution in [0.1, 0.15) is 0 Å². The molecule has 0 N–H and O–H groups in total. The van der Waals surface area contributed by atoms with Crippen molar-refractivity contribution < 1.29 is 92.2 Å². The van der Waals surface area contributed by atoms with Gasteiger partial charge in [-0.05, 0) is 47.6 Å². The van der Waals surface area contributed by atoms with Crippen molar-refractivity contribution in [2.75, 3.05) is 20.2 Å². The fourth-order valence-electron chi connectivity index (χ4n) is 2.95. The minimum atomic E-state index is -5.19. The van der Waals surface area contributed by atoms with Crippen molar-refractivity contribution in [1.29, 1.82) is 0 Å². The van der Waals surface area contributed by atoms with E-state index in [-0.39, 0.29) is 71.7 Å². The number of methoxy groups -OCH3 is 1. The first-order valence-corrected chi connectivity index (χ1v) is 11.7. The zero-order valence-corrected chi connectivity index (χ0v) is 23.8. The first kappa shape index (κ1) is 27.0. The zero-order chi connectivity index (χ0) is 20.6. The molecule has 1 aliphatic rings. The summed E-state index contributed by atoms with van der Waals surface area (Å²) in [7, 11) is -3.65. The molecule has 2 aromatic carbocycles. The van der Waals surface area contributed by atoms with Crippen LogP contribution < -0.4 is 87.6 Å². The SMILES string of the molecule is COc1cc(-c2nscc2-c2ccc(SC)c(OP(=O)([O-])[O-])c2)cc2c1OCO2.[Na+].[Na+]. The molecule has 1 aliphatic heterocycles. The number of hydrogen-bond acceptors (Lipinski definition) is 10. The molecule has 2 heterocycles. The van der Waals surface area contributed by atoms with E-state index in [2.05, 4.69) is 8.90 Å². The maximum absolute atomic E-state index is 11.1. The molecule has 0 amide bonds. The molecule has 13 heteroatoms. The second kappa shape index (κ2) is 11.3. The summed E-state index contributed by atoms with van der Waals surface area (Å²) in [6.45, 7) is 0.111. The van der Waals surface area contributed by atoms with Gasteiger partial charge in [0.2, 0.25) is 12.5 Å². The van der Waals surface area contributed by atoms with Crippen LogP contribution in [0.25, 0.3) is 22.4 Å². The van der Waals surface area contributed by atoms with Gasteiger partial charge in [0, 0.05) is 21.4 Å². The Labute approximate surface area is 231 Å². The number of phosphoric acid groups is 1. The van der Waals surface area contributed by atoms with Crippen LogP contribution in [0.5, 0.6) is 23.0 Å². The number of hydrogen-bond donors (Lipinski definition) is 0. The van der Waals surface area contributed by atoms with Crippen LogP contribution in [0.2, 0.25) is 0 Å². The Kier molecular flexibility index (Phi) is 9.82. The summed E-state index contributed by atoms with van der Waals surface area (Å²) in [4.78, 5) is 22.8. The van der Waals surface area contributed by atoms with Gasteiger partial charge < -0.3 is 33.1 Å². The summed E-state index contributed by atoms with van der Waals surface area (Å²) in [5.41, 5.74) is 2.81. The van der Waals surface area contributed by atoms with Gasteiger partial charge in [-0.25, -0.2) is 0 Å². The van der Waals surface area contributed by atoms with Crippen molar-refractivity contribution in [3.8, 4) is 45.4 Å². The molecule has 0 atom stereocenters. The predicted molar refractivity (Wildman–Crippen MR) is 106 cm³/mol. The second-order valence-electron chi connectivity index (χ2n) is 5.89. The Morgan fingerprint density at radius 1 is 1.13 bits per heavy atom. The number of fused-ring (bicyclic) bond motifs is 1. The molecular weight excluding hydrogens is 483 g/mol. The maximum atomic E-state index is 11.1. The van der Waals surface area contributed by atoms with Gasteiger partial charge in [0.25, 0.3) is 0 Å². The fraction of sp³-hybridized carbons (Fsp3) is 0.167. The van der Waals surface area contributed by atoms with E-state index in [0.717, 1.165) is 11.1 Å². The van der Waals surface area contributed by atoms with Gasteiger partial charge in [-0.2, -0.15) is 4.37 Å². The topological polar surface area (TPSA) is 113 Å². The number of benzene rings is 2. The number of thioether (sulfide) groups is 1. The first-order chi connectivity index (χ1) is 13.9. The van der Waals surface area contributed by atoms with Crippen LogP contribution in [0.15, 0.2) is 40.6 Å². The molecule has 31 heavy (non-hydrogen) atoms. The Morgan fingerprint density at radius 3 is 2.55 bits per heavy atom. The molecule has 3 aromatic rings. The van der Waals surface area contributed by atoms with Crippen LogP contribution in [0.4, 0.5) is 0 Å². The van der Waals surface area contributed by atoms with E-state index >= 15 is 0 Å². The van der Waals surface area contributed by atoms with Gasteiger partial charge in [-0.1, -0.05) is 6.07 Å². The monoisotopic (exact) mass is 497 g/mol. The molecule has 0 aliphatic carbocycles. The van der Waals surface area contributed by atoms with Gasteiger partial charge >= 0.3 is 59.1 Å². The number of aromatic nitrogens is 1. The molecule has 1 aromatic heterocycles. The average Bonchev–Trinajstić information content (AvgIpc) is 3.35. The predicted octanol–water partition coefficient (Wildman–Crippen LogP) is -2.85. The Balaban J connectivity index is 0.00000171. The number of ether oxygens (including phenoxy) is 3. The van der Waals surface area contributed by atoms with Gasteiger partial charge in [0.1, 0.15) is 13.6 Å². The molecule has 0 fully saturated rings. The third kappa shape index (κ3) is 6.02. The van der Waals surface area contributed by atoms with Gasteiger partial charge in [0.15, 0.2) is 11.5 Å². The third-order valence-corrected chi connectivity index (χ3v) is 6.01. The molecule has 8 nitrogen and oxygen atoms in total. The van der Waals surface area contributed by atoms with Crippen LogP contribution in [0, 0.1) is 0 Å². The van der Waals surface area contributed by atoms with Crippen LogP contribution in [0.3, 0.4) is 0 Å². The van der Waals surface area contributed by atoms with Crippen LogP contribution in [-0.2, 0) is 4.57 Å². The summed E-state index contributed by atoms with van der Waals surface area (Å²) in [6.07, 6.45) is 1.76. The Hall–Kier alpha value is -0.230. The molecule has 0 bridgehead atoms. The van der Waals surface area contributed by atoms with Crippen molar-refractivity contribution in [1.82, 2.24) is 4.37 Å². The van der Waals surface area contributed by atoms with E-state index in [1.807, 2.05) is 11.4 Å². The quantitative estimate of drug-likeness (QED) is 0.202. The van der Waals surface area contributed by atoms with Crippen molar-refractivity contribution in [3.63, 3.8) is 0 Å². The standard InChI is InChI=1S/C18H16NO7PS2.2Na/c1-23-14-6-11(7-15-18(14)25-9-24-15)17-12(8-29-19-17)10-3-4-16(28-2)13(5-10)26-27(20,21)22;;/h3-8H,9H2,1-2H3,(H2,20,21,22);;/q;2*+1/p-2. The van der Waals surface area contributed by atoms with Gasteiger partial charge in [-0.15, -0.1) is 11.8 Å². The minimum Gasteiger partial charge on any atom is -0.780 e. The third-order valence-electron chi connectivity index (χ3n) is 4.19. The van der Waals surface area contributed by atoms with E-state index in [1.165, 1.54) is 36.5 Å². The Morgan fingerprint density at radius 2 is 1.87 bits per heavy atom. The van der Waals surface area contributed by atoms with Crippen molar-refractivity contribution in [3.05, 3.63) is 35.7 Å². The molecular formula is C18H14NNa2O7PS2. The van der Waals surface area contributed by atoms with E-state index in [1.54, 1.807) is 24.5 Å². The summed E-state index contributed by atoms with van der Waals surface area (Å²) >= 11 is 2.52. The minimum absolute atomic E-state index is 0. The summed E-state index contributed by atoms with van der Waals surface area (Å²) in [5.74, 6) is 1.60. The smallest absolute Gasteiger partial charge is 0.780 e. The molecule has 4 rings (SSSR count). The largest absolute Gasteiger partial charge is 1.00 e. The summed E-state index contributed by atoms with van der Waals surface area (Å²) < 4.78 is 36.6. The van der Waals surface area contributed by atoms with E-state index in [0.29, 0.717) is 33.4 Å². The molecule has 0 unspecified atom stereocenters. The van der Waals surface area contributed by atoms with E-state index in [9.17, 15) is 14.4 Å². The zero-order valence-electron chi connectivity index (χ0n) is 17.2. The number of nitrogens with zero attached hydrogens (tertiary/aromatic N) is 1. The van der Waals surface area contributed by atoms with Gasteiger partial charge in [0.05, 0.1) is 12.8 Å². The van der Waals surface area contributed by atoms with Gasteiger partial charge in [-0.3, -0.25) is 0 Å². The Bertz CT molecular complexity index is 1120. The molecule has 0 saturated carbocycles. The average molecular weight is 497 g/mol. The van der Waals surface area contributed by atoms with Crippen molar-refractivity contribution >= 4 is 31.1 Å². The normalized spacial score (nSPS) is 12.0. The number of phosphoric ester groups is 1. The molecule has 0 radical (unpaired) electrons. The number of rotatable bonds is 6.